The molecule has 0 fully saturated rings. The SMILES string of the molecule is CCNCCNS(=O)(=O)c1cc(OC)c(Br)cc1OC. The second-order valence-electron chi connectivity index (χ2n) is 3.89. The van der Waals surface area contributed by atoms with Crippen LogP contribution in [0.25, 0.3) is 0 Å². The van der Waals surface area contributed by atoms with E-state index in [1.807, 2.05) is 6.92 Å². The summed E-state index contributed by atoms with van der Waals surface area (Å²) >= 11 is 3.29. The van der Waals surface area contributed by atoms with E-state index in [9.17, 15) is 8.42 Å². The highest BCUT2D eigenvalue weighted by atomic mass is 79.9. The van der Waals surface area contributed by atoms with Crippen LogP contribution in [-0.4, -0.2) is 42.3 Å². The molecule has 2 N–H and O–H groups in total. The molecule has 0 atom stereocenters. The lowest BCUT2D eigenvalue weighted by atomic mass is 10.3. The van der Waals surface area contributed by atoms with Gasteiger partial charge in [-0.1, -0.05) is 6.92 Å². The Balaban J connectivity index is 3.03. The Morgan fingerprint density at radius 2 is 1.80 bits per heavy atom. The maximum absolute atomic E-state index is 12.3. The van der Waals surface area contributed by atoms with Gasteiger partial charge in [0.2, 0.25) is 10.0 Å². The van der Waals surface area contributed by atoms with E-state index in [1.54, 1.807) is 6.07 Å². The van der Waals surface area contributed by atoms with Gasteiger partial charge in [-0.15, -0.1) is 0 Å². The molecular formula is C12H19BrN2O4S. The number of hydrogen-bond acceptors (Lipinski definition) is 5. The van der Waals surface area contributed by atoms with Crippen LogP contribution in [0.2, 0.25) is 0 Å². The van der Waals surface area contributed by atoms with Gasteiger partial charge in [-0.05, 0) is 28.5 Å². The minimum Gasteiger partial charge on any atom is -0.496 e. The van der Waals surface area contributed by atoms with E-state index in [2.05, 4.69) is 26.0 Å². The summed E-state index contributed by atoms with van der Waals surface area (Å²) in [5.41, 5.74) is 0. The minimum absolute atomic E-state index is 0.0524. The molecule has 114 valence electrons. The Morgan fingerprint density at radius 3 is 2.35 bits per heavy atom. The van der Waals surface area contributed by atoms with Crippen molar-refractivity contribution in [3.8, 4) is 11.5 Å². The Bertz CT molecular complexity index is 549. The lowest BCUT2D eigenvalue weighted by Crippen LogP contribution is -2.32. The summed E-state index contributed by atoms with van der Waals surface area (Å²) in [6, 6.07) is 3.00. The first-order chi connectivity index (χ1) is 9.46. The van der Waals surface area contributed by atoms with Crippen LogP contribution in [0.3, 0.4) is 0 Å². The topological polar surface area (TPSA) is 76.7 Å². The summed E-state index contributed by atoms with van der Waals surface area (Å²) in [4.78, 5) is 0.0524. The van der Waals surface area contributed by atoms with E-state index >= 15 is 0 Å². The Labute approximate surface area is 128 Å². The molecule has 0 bridgehead atoms. The van der Waals surface area contributed by atoms with Crippen molar-refractivity contribution in [3.63, 3.8) is 0 Å². The van der Waals surface area contributed by atoms with Crippen molar-refractivity contribution in [2.45, 2.75) is 11.8 Å². The van der Waals surface area contributed by atoms with E-state index in [-0.39, 0.29) is 10.6 Å². The van der Waals surface area contributed by atoms with E-state index in [1.165, 1.54) is 20.3 Å². The van der Waals surface area contributed by atoms with Gasteiger partial charge in [-0.25, -0.2) is 13.1 Å². The molecule has 0 saturated heterocycles. The molecule has 0 unspecified atom stereocenters. The Kier molecular flexibility index (Phi) is 6.74. The predicted molar refractivity (Wildman–Crippen MR) is 81.0 cm³/mol. The van der Waals surface area contributed by atoms with Crippen molar-refractivity contribution in [3.05, 3.63) is 16.6 Å². The normalized spacial score (nSPS) is 11.4. The van der Waals surface area contributed by atoms with Crippen molar-refractivity contribution < 1.29 is 17.9 Å². The van der Waals surface area contributed by atoms with Crippen LogP contribution >= 0.6 is 15.9 Å². The summed E-state index contributed by atoms with van der Waals surface area (Å²) in [7, 11) is -0.752. The lowest BCUT2D eigenvalue weighted by Gasteiger charge is -2.13. The number of nitrogens with one attached hydrogen (secondary N) is 2. The predicted octanol–water partition coefficient (Wildman–Crippen LogP) is 1.35. The molecule has 6 nitrogen and oxygen atoms in total. The number of sulfonamides is 1. The van der Waals surface area contributed by atoms with E-state index in [0.29, 0.717) is 23.3 Å². The molecule has 0 aliphatic carbocycles. The largest absolute Gasteiger partial charge is 0.496 e. The summed E-state index contributed by atoms with van der Waals surface area (Å²) in [6.45, 7) is 3.61. The Hall–Kier alpha value is -0.830. The van der Waals surface area contributed by atoms with Crippen LogP contribution in [0, 0.1) is 0 Å². The van der Waals surface area contributed by atoms with Crippen molar-refractivity contribution >= 4 is 26.0 Å². The summed E-state index contributed by atoms with van der Waals surface area (Å²) in [6.07, 6.45) is 0. The Morgan fingerprint density at radius 1 is 1.15 bits per heavy atom. The number of rotatable bonds is 8. The highest BCUT2D eigenvalue weighted by Crippen LogP contribution is 2.35. The van der Waals surface area contributed by atoms with Gasteiger partial charge in [-0.2, -0.15) is 0 Å². The maximum atomic E-state index is 12.3. The first-order valence-electron chi connectivity index (χ1n) is 6.08. The number of methoxy groups -OCH3 is 2. The molecule has 0 aromatic heterocycles. The van der Waals surface area contributed by atoms with Gasteiger partial charge in [0.1, 0.15) is 16.4 Å². The van der Waals surface area contributed by atoms with Crippen molar-refractivity contribution in [1.29, 1.82) is 0 Å². The number of hydrogen-bond donors (Lipinski definition) is 2. The summed E-state index contributed by atoms with van der Waals surface area (Å²) in [5.74, 6) is 0.687. The van der Waals surface area contributed by atoms with Crippen LogP contribution < -0.4 is 19.5 Å². The third-order valence-electron chi connectivity index (χ3n) is 2.57. The van der Waals surface area contributed by atoms with Crippen molar-refractivity contribution in [2.75, 3.05) is 33.9 Å². The van der Waals surface area contributed by atoms with Crippen LogP contribution in [0.4, 0.5) is 0 Å². The zero-order valence-electron chi connectivity index (χ0n) is 11.7. The van der Waals surface area contributed by atoms with Gasteiger partial charge in [0.25, 0.3) is 0 Å². The molecular weight excluding hydrogens is 348 g/mol. The van der Waals surface area contributed by atoms with E-state index < -0.39 is 10.0 Å². The molecule has 0 aliphatic rings. The highest BCUT2D eigenvalue weighted by molar-refractivity contribution is 9.10. The van der Waals surface area contributed by atoms with Gasteiger partial charge >= 0.3 is 0 Å². The average molecular weight is 367 g/mol. The number of ether oxygens (including phenoxy) is 2. The third-order valence-corrected chi connectivity index (χ3v) is 4.67. The second kappa shape index (κ2) is 7.82. The quantitative estimate of drug-likeness (QED) is 0.679. The number of likely N-dealkylation sites (N-methyl/N-ethyl adjacent to an activating group) is 1. The fourth-order valence-corrected chi connectivity index (χ4v) is 3.25. The van der Waals surface area contributed by atoms with Gasteiger partial charge in [-0.3, -0.25) is 0 Å². The van der Waals surface area contributed by atoms with Crippen LogP contribution in [-0.2, 0) is 10.0 Å². The second-order valence-corrected chi connectivity index (χ2v) is 6.48. The first kappa shape index (κ1) is 17.2. The summed E-state index contributed by atoms with van der Waals surface area (Å²) < 4.78 is 37.9. The number of benzene rings is 1. The third kappa shape index (κ3) is 4.34. The molecule has 1 aromatic carbocycles. The van der Waals surface area contributed by atoms with Gasteiger partial charge < -0.3 is 14.8 Å². The van der Waals surface area contributed by atoms with Crippen LogP contribution in [0.1, 0.15) is 6.92 Å². The minimum atomic E-state index is -3.65. The smallest absolute Gasteiger partial charge is 0.244 e. The molecule has 8 heteroatoms. The fourth-order valence-electron chi connectivity index (χ4n) is 1.57. The van der Waals surface area contributed by atoms with E-state index in [0.717, 1.165) is 6.54 Å². The molecule has 20 heavy (non-hydrogen) atoms. The monoisotopic (exact) mass is 366 g/mol. The number of halogens is 1. The molecule has 0 heterocycles. The molecule has 0 amide bonds. The van der Waals surface area contributed by atoms with E-state index in [4.69, 9.17) is 9.47 Å². The van der Waals surface area contributed by atoms with Gasteiger partial charge in [0.15, 0.2) is 0 Å². The summed E-state index contributed by atoms with van der Waals surface area (Å²) in [5, 5.41) is 3.04. The van der Waals surface area contributed by atoms with Gasteiger partial charge in [0.05, 0.1) is 18.7 Å². The zero-order valence-corrected chi connectivity index (χ0v) is 14.1. The van der Waals surface area contributed by atoms with Crippen molar-refractivity contribution in [2.24, 2.45) is 0 Å². The highest BCUT2D eigenvalue weighted by Gasteiger charge is 2.21. The molecule has 0 radical (unpaired) electrons. The molecule has 1 rings (SSSR count). The molecule has 0 aliphatic heterocycles. The fraction of sp³-hybridized carbons (Fsp3) is 0.500. The zero-order chi connectivity index (χ0) is 15.2. The molecule has 1 aromatic rings. The van der Waals surface area contributed by atoms with Crippen LogP contribution in [0.5, 0.6) is 11.5 Å². The lowest BCUT2D eigenvalue weighted by molar-refractivity contribution is 0.390. The maximum Gasteiger partial charge on any atom is 0.244 e. The van der Waals surface area contributed by atoms with Crippen molar-refractivity contribution in [1.82, 2.24) is 10.0 Å². The molecule has 0 saturated carbocycles. The first-order valence-corrected chi connectivity index (χ1v) is 8.35. The van der Waals surface area contributed by atoms with Gasteiger partial charge in [0, 0.05) is 19.2 Å². The standard InChI is InChI=1S/C12H19BrN2O4S/c1-4-14-5-6-15-20(16,17)12-8-10(18-2)9(13)7-11(12)19-3/h7-8,14-15H,4-6H2,1-3H3. The van der Waals surface area contributed by atoms with Crippen LogP contribution in [0.15, 0.2) is 21.5 Å². The average Bonchev–Trinajstić information content (AvgIpc) is 2.43. The molecule has 0 spiro atoms.